The number of hydrogen-bond acceptors (Lipinski definition) is 4. The molecule has 0 saturated heterocycles. The van der Waals surface area contributed by atoms with Crippen molar-refractivity contribution in [1.29, 1.82) is 0 Å². The summed E-state index contributed by atoms with van der Waals surface area (Å²) in [5.74, 6) is 0.839. The fourth-order valence-electron chi connectivity index (χ4n) is 3.90. The summed E-state index contributed by atoms with van der Waals surface area (Å²) in [7, 11) is 0. The van der Waals surface area contributed by atoms with Crippen molar-refractivity contribution in [1.82, 2.24) is 19.7 Å². The number of hydrogen-bond donors (Lipinski definition) is 1. The Balaban J connectivity index is 1.55. The van der Waals surface area contributed by atoms with Gasteiger partial charge < -0.3 is 5.11 Å². The van der Waals surface area contributed by atoms with Crippen molar-refractivity contribution in [2.45, 2.75) is 45.6 Å². The zero-order valence-electron chi connectivity index (χ0n) is 18.8. The number of carboxylic acids is 1. The minimum absolute atomic E-state index is 0.249. The van der Waals surface area contributed by atoms with Crippen LogP contribution in [0.4, 0.5) is 0 Å². The smallest absolute Gasteiger partial charge is 0.336 e. The van der Waals surface area contributed by atoms with Gasteiger partial charge in [-0.1, -0.05) is 74.4 Å². The van der Waals surface area contributed by atoms with E-state index in [1.165, 1.54) is 24.2 Å². The first-order valence-corrected chi connectivity index (χ1v) is 11.4. The third-order valence-corrected chi connectivity index (χ3v) is 5.65. The standard InChI is InChI=1S/C27H28N4O2/c1-2-3-7-16-31-26(29-25(30-31)17-20-8-5-4-6-9-20)18-21-10-12-22(13-11-21)24-19-28-15-14-23(24)27(32)33/h4-6,8-15,19H,2-3,7,16-18H2,1H3,(H,32,33). The van der Waals surface area contributed by atoms with Crippen LogP contribution in [-0.4, -0.2) is 30.8 Å². The second kappa shape index (κ2) is 10.7. The number of benzene rings is 2. The highest BCUT2D eigenvalue weighted by molar-refractivity contribution is 5.95. The zero-order valence-corrected chi connectivity index (χ0v) is 18.8. The van der Waals surface area contributed by atoms with Crippen molar-refractivity contribution in [3.63, 3.8) is 0 Å². The summed E-state index contributed by atoms with van der Waals surface area (Å²) in [5, 5.41) is 14.3. The minimum Gasteiger partial charge on any atom is -0.478 e. The molecule has 2 aromatic carbocycles. The molecule has 0 aliphatic heterocycles. The van der Waals surface area contributed by atoms with Gasteiger partial charge in [-0.3, -0.25) is 4.98 Å². The Hall–Kier alpha value is -3.80. The number of unbranched alkanes of at least 4 members (excludes halogenated alkanes) is 2. The number of nitrogens with zero attached hydrogens (tertiary/aromatic N) is 4. The zero-order chi connectivity index (χ0) is 23.0. The lowest BCUT2D eigenvalue weighted by Gasteiger charge is -2.08. The molecule has 4 rings (SSSR count). The van der Waals surface area contributed by atoms with Gasteiger partial charge in [0.2, 0.25) is 0 Å². The van der Waals surface area contributed by atoms with Crippen LogP contribution in [0.3, 0.4) is 0 Å². The maximum absolute atomic E-state index is 11.5. The average Bonchev–Trinajstić information content (AvgIpc) is 3.21. The van der Waals surface area contributed by atoms with Gasteiger partial charge >= 0.3 is 5.97 Å². The molecule has 0 radical (unpaired) electrons. The molecule has 0 amide bonds. The molecule has 0 fully saturated rings. The largest absolute Gasteiger partial charge is 0.478 e. The van der Waals surface area contributed by atoms with E-state index in [0.717, 1.165) is 42.2 Å². The first-order chi connectivity index (χ1) is 16.1. The Bertz CT molecular complexity index is 1200. The predicted octanol–water partition coefficient (Wildman–Crippen LogP) is 5.41. The highest BCUT2D eigenvalue weighted by atomic mass is 16.4. The summed E-state index contributed by atoms with van der Waals surface area (Å²) in [6.45, 7) is 3.06. The second-order valence-electron chi connectivity index (χ2n) is 8.14. The summed E-state index contributed by atoms with van der Waals surface area (Å²) in [6.07, 6.45) is 7.89. The molecule has 6 heteroatoms. The molecule has 0 saturated carbocycles. The number of rotatable bonds is 10. The van der Waals surface area contributed by atoms with E-state index in [-0.39, 0.29) is 5.56 Å². The average molecular weight is 441 g/mol. The van der Waals surface area contributed by atoms with Crippen LogP contribution < -0.4 is 0 Å². The predicted molar refractivity (Wildman–Crippen MR) is 128 cm³/mol. The first-order valence-electron chi connectivity index (χ1n) is 11.4. The maximum Gasteiger partial charge on any atom is 0.336 e. The highest BCUT2D eigenvalue weighted by Crippen LogP contribution is 2.24. The van der Waals surface area contributed by atoms with Gasteiger partial charge in [-0.2, -0.15) is 5.10 Å². The molecule has 0 aliphatic carbocycles. The van der Waals surface area contributed by atoms with E-state index in [0.29, 0.717) is 18.4 Å². The van der Waals surface area contributed by atoms with Gasteiger partial charge in [0.25, 0.3) is 0 Å². The van der Waals surface area contributed by atoms with E-state index >= 15 is 0 Å². The Morgan fingerprint density at radius 1 is 0.939 bits per heavy atom. The summed E-state index contributed by atoms with van der Waals surface area (Å²) >= 11 is 0. The van der Waals surface area contributed by atoms with Crippen molar-refractivity contribution in [3.05, 3.63) is 101 Å². The molecule has 168 valence electrons. The molecule has 0 bridgehead atoms. The number of aromatic nitrogens is 4. The highest BCUT2D eigenvalue weighted by Gasteiger charge is 2.14. The first kappa shape index (κ1) is 22.4. The Morgan fingerprint density at radius 3 is 2.42 bits per heavy atom. The lowest BCUT2D eigenvalue weighted by molar-refractivity contribution is 0.0697. The molecule has 2 heterocycles. The number of aryl methyl sites for hydroxylation is 1. The maximum atomic E-state index is 11.5. The second-order valence-corrected chi connectivity index (χ2v) is 8.14. The molecule has 0 unspecified atom stereocenters. The van der Waals surface area contributed by atoms with Crippen molar-refractivity contribution >= 4 is 5.97 Å². The number of pyridine rings is 1. The molecule has 0 aliphatic rings. The van der Waals surface area contributed by atoms with E-state index in [4.69, 9.17) is 10.1 Å². The van der Waals surface area contributed by atoms with Crippen molar-refractivity contribution < 1.29 is 9.90 Å². The van der Waals surface area contributed by atoms with Crippen molar-refractivity contribution in [2.24, 2.45) is 0 Å². The third kappa shape index (κ3) is 5.71. The summed E-state index contributed by atoms with van der Waals surface area (Å²) < 4.78 is 2.05. The molecule has 2 aromatic heterocycles. The van der Waals surface area contributed by atoms with Crippen LogP contribution in [0.1, 0.15) is 59.3 Å². The van der Waals surface area contributed by atoms with Gasteiger partial charge in [0.1, 0.15) is 5.82 Å². The van der Waals surface area contributed by atoms with Gasteiger partial charge in [-0.15, -0.1) is 0 Å². The lowest BCUT2D eigenvalue weighted by atomic mass is 10.00. The number of carboxylic acid groups (broad SMARTS) is 1. The Morgan fingerprint density at radius 2 is 1.70 bits per heavy atom. The molecule has 1 N–H and O–H groups in total. The molecule has 0 spiro atoms. The minimum atomic E-state index is -0.956. The van der Waals surface area contributed by atoms with Crippen molar-refractivity contribution in [2.75, 3.05) is 0 Å². The van der Waals surface area contributed by atoms with Crippen LogP contribution in [-0.2, 0) is 19.4 Å². The molecule has 0 atom stereocenters. The lowest BCUT2D eigenvalue weighted by Crippen LogP contribution is -2.07. The van der Waals surface area contributed by atoms with E-state index < -0.39 is 5.97 Å². The quantitative estimate of drug-likeness (QED) is 0.334. The van der Waals surface area contributed by atoms with Gasteiger partial charge in [0.15, 0.2) is 5.82 Å². The SMILES string of the molecule is CCCCCn1nc(Cc2ccccc2)nc1Cc1ccc(-c2cnccc2C(=O)O)cc1. The fraction of sp³-hybridized carbons (Fsp3) is 0.259. The van der Waals surface area contributed by atoms with Crippen LogP contribution in [0.2, 0.25) is 0 Å². The summed E-state index contributed by atoms with van der Waals surface area (Å²) in [6, 6.07) is 19.7. The molecule has 4 aromatic rings. The van der Waals surface area contributed by atoms with Gasteiger partial charge in [0.05, 0.1) is 5.56 Å². The van der Waals surface area contributed by atoms with Crippen LogP contribution in [0.5, 0.6) is 0 Å². The van der Waals surface area contributed by atoms with Gasteiger partial charge in [-0.05, 0) is 29.2 Å². The van der Waals surface area contributed by atoms with E-state index in [1.807, 2.05) is 47.1 Å². The summed E-state index contributed by atoms with van der Waals surface area (Å²) in [5.41, 5.74) is 4.00. The fourth-order valence-corrected chi connectivity index (χ4v) is 3.90. The molecular formula is C27H28N4O2. The van der Waals surface area contributed by atoms with Crippen LogP contribution in [0.15, 0.2) is 73.1 Å². The Labute approximate surface area is 194 Å². The van der Waals surface area contributed by atoms with Gasteiger partial charge in [-0.25, -0.2) is 14.5 Å². The number of aromatic carboxylic acids is 1. The van der Waals surface area contributed by atoms with Crippen LogP contribution in [0, 0.1) is 0 Å². The van der Waals surface area contributed by atoms with Crippen LogP contribution in [0.25, 0.3) is 11.1 Å². The Kier molecular flexibility index (Phi) is 7.25. The van der Waals surface area contributed by atoms with E-state index in [9.17, 15) is 9.90 Å². The van der Waals surface area contributed by atoms with E-state index in [1.54, 1.807) is 6.20 Å². The normalized spacial score (nSPS) is 10.9. The van der Waals surface area contributed by atoms with E-state index in [2.05, 4.69) is 24.0 Å². The van der Waals surface area contributed by atoms with Crippen LogP contribution >= 0.6 is 0 Å². The molecular weight excluding hydrogens is 412 g/mol. The summed E-state index contributed by atoms with van der Waals surface area (Å²) in [4.78, 5) is 20.5. The van der Waals surface area contributed by atoms with Crippen molar-refractivity contribution in [3.8, 4) is 11.1 Å². The van der Waals surface area contributed by atoms with Gasteiger partial charge in [0, 0.05) is 37.3 Å². The topological polar surface area (TPSA) is 80.9 Å². The third-order valence-electron chi connectivity index (χ3n) is 5.65. The number of carbonyl (C=O) groups is 1. The molecule has 6 nitrogen and oxygen atoms in total. The monoisotopic (exact) mass is 440 g/mol. The molecule has 33 heavy (non-hydrogen) atoms.